The van der Waals surface area contributed by atoms with Crippen LogP contribution in [0.2, 0.25) is 0 Å². The topological polar surface area (TPSA) is 12.9 Å². The molecule has 1 heterocycles. The van der Waals surface area contributed by atoms with Gasteiger partial charge in [-0.25, -0.2) is 0 Å². The molecule has 1 aromatic carbocycles. The predicted octanol–water partition coefficient (Wildman–Crippen LogP) is -2.12. The van der Waals surface area contributed by atoms with Gasteiger partial charge in [-0.3, -0.25) is 0 Å². The molecule has 0 saturated heterocycles. The third-order valence-electron chi connectivity index (χ3n) is 3.51. The van der Waals surface area contributed by atoms with Gasteiger partial charge in [-0.1, -0.05) is 0 Å². The normalized spacial score (nSPS) is 17.2. The van der Waals surface area contributed by atoms with Crippen LogP contribution in [0.3, 0.4) is 0 Å². The van der Waals surface area contributed by atoms with Crippen molar-refractivity contribution in [1.29, 1.82) is 0 Å². The average molecular weight is 343 g/mol. The Labute approximate surface area is 140 Å². The van der Waals surface area contributed by atoms with Crippen LogP contribution in [0.25, 0.3) is 5.57 Å². The summed E-state index contributed by atoms with van der Waals surface area (Å²) in [7, 11) is 0. The van der Waals surface area contributed by atoms with Gasteiger partial charge in [0, 0.05) is 0 Å². The van der Waals surface area contributed by atoms with Crippen LogP contribution in [0.1, 0.15) is 34.4 Å². The van der Waals surface area contributed by atoms with Crippen LogP contribution in [0.4, 0.5) is 0 Å². The molecule has 1 nitrogen and oxygen atoms in total. The van der Waals surface area contributed by atoms with E-state index in [1.54, 1.807) is 0 Å². The van der Waals surface area contributed by atoms with Gasteiger partial charge in [0.1, 0.15) is 0 Å². The Balaban J connectivity index is 0.000001000. The maximum atomic E-state index is 4.47. The first-order chi connectivity index (χ1) is 8.77. The third kappa shape index (κ3) is 3.10. The molecule has 1 aliphatic carbocycles. The number of hydrogen-bond donors (Lipinski definition) is 0. The van der Waals surface area contributed by atoms with Crippen LogP contribution in [-0.4, -0.2) is 4.98 Å². The number of nitrogens with zero attached hydrogens (tertiary/aromatic N) is 1. The van der Waals surface area contributed by atoms with Crippen molar-refractivity contribution in [2.45, 2.75) is 17.6 Å². The Hall–Kier alpha value is -0.778. The van der Waals surface area contributed by atoms with E-state index in [1.807, 2.05) is 12.3 Å². The van der Waals surface area contributed by atoms with E-state index in [-0.39, 0.29) is 24.8 Å². The number of allylic oxidation sites excluding steroid dienone is 2. The first kappa shape index (κ1) is 17.3. The number of fused-ring (bicyclic) bond motifs is 1. The summed E-state index contributed by atoms with van der Waals surface area (Å²) in [4.78, 5) is 4.47. The SMILES string of the molecule is CC(C1=C[CH]([Cr+2])c2ccccc21)c1ccccn1.[Cl-].[Cl-]. The van der Waals surface area contributed by atoms with Gasteiger partial charge in [0.2, 0.25) is 0 Å². The van der Waals surface area contributed by atoms with Gasteiger partial charge < -0.3 is 24.8 Å². The molecule has 20 heavy (non-hydrogen) atoms. The molecule has 0 N–H and O–H groups in total. The molecule has 0 fully saturated rings. The molecule has 0 amide bonds. The van der Waals surface area contributed by atoms with Crippen molar-refractivity contribution in [2.75, 3.05) is 0 Å². The maximum Gasteiger partial charge on any atom is -1.00 e. The standard InChI is InChI=1S/C16H14N.2ClH.Cr/c1-12(16-8-4-5-11-17-16)14-10-9-13-6-2-3-7-15(13)14;;;/h2-12H,1H3;2*1H;/q;;;+2/p-2. The van der Waals surface area contributed by atoms with Crippen molar-refractivity contribution >= 4 is 5.57 Å². The Morgan fingerprint density at radius 3 is 2.45 bits per heavy atom. The van der Waals surface area contributed by atoms with Crippen LogP contribution >= 0.6 is 0 Å². The molecule has 0 saturated carbocycles. The molecule has 1 aromatic heterocycles. The van der Waals surface area contributed by atoms with Crippen molar-refractivity contribution in [1.82, 2.24) is 4.98 Å². The zero-order valence-electron chi connectivity index (χ0n) is 11.0. The van der Waals surface area contributed by atoms with Crippen LogP contribution in [0.15, 0.2) is 54.7 Å². The molecule has 0 aliphatic heterocycles. The monoisotopic (exact) mass is 342 g/mol. The van der Waals surface area contributed by atoms with Gasteiger partial charge >= 0.3 is 116 Å². The molecule has 2 unspecified atom stereocenters. The maximum absolute atomic E-state index is 4.47. The molecule has 0 radical (unpaired) electrons. The number of halogens is 2. The average Bonchev–Trinajstić information content (AvgIpc) is 2.77. The number of hydrogen-bond acceptors (Lipinski definition) is 1. The molecule has 0 spiro atoms. The van der Waals surface area contributed by atoms with Gasteiger partial charge in [0.05, 0.1) is 0 Å². The zero-order valence-corrected chi connectivity index (χ0v) is 13.7. The number of rotatable bonds is 2. The second kappa shape index (κ2) is 7.29. The van der Waals surface area contributed by atoms with Gasteiger partial charge in [-0.2, -0.15) is 0 Å². The molecule has 2 atom stereocenters. The smallest absolute Gasteiger partial charge is 1.00 e. The van der Waals surface area contributed by atoms with Crippen LogP contribution in [0.5, 0.6) is 0 Å². The Morgan fingerprint density at radius 1 is 1.05 bits per heavy atom. The summed E-state index contributed by atoms with van der Waals surface area (Å²) in [5.74, 6) is 0.339. The van der Waals surface area contributed by atoms with E-state index >= 15 is 0 Å². The second-order valence-corrected chi connectivity index (χ2v) is 5.40. The first-order valence-electron chi connectivity index (χ1n) is 6.15. The van der Waals surface area contributed by atoms with Crippen molar-refractivity contribution in [3.63, 3.8) is 0 Å². The van der Waals surface area contributed by atoms with Gasteiger partial charge in [-0.15, -0.1) is 0 Å². The molecular weight excluding hydrogens is 329 g/mol. The van der Waals surface area contributed by atoms with Gasteiger partial charge in [-0.05, 0) is 0 Å². The minimum absolute atomic E-state index is 0. The number of pyridine rings is 1. The number of benzene rings is 1. The van der Waals surface area contributed by atoms with E-state index < -0.39 is 0 Å². The summed E-state index contributed by atoms with van der Waals surface area (Å²) >= 11 is 3.23. The van der Waals surface area contributed by atoms with Crippen molar-refractivity contribution < 1.29 is 41.1 Å². The fraction of sp³-hybridized carbons (Fsp3) is 0.188. The Bertz CT molecular complexity index is 598. The molecule has 2 aromatic rings. The van der Waals surface area contributed by atoms with Crippen molar-refractivity contribution in [3.8, 4) is 0 Å². The summed E-state index contributed by atoms with van der Waals surface area (Å²) < 4.78 is 0.391. The summed E-state index contributed by atoms with van der Waals surface area (Å²) in [6, 6.07) is 14.7. The molecule has 103 valence electrons. The quantitative estimate of drug-likeness (QED) is 0.608. The Morgan fingerprint density at radius 2 is 1.75 bits per heavy atom. The minimum atomic E-state index is 0. The minimum Gasteiger partial charge on any atom is -1.00 e. The number of aromatic nitrogens is 1. The predicted molar refractivity (Wildman–Crippen MR) is 69.8 cm³/mol. The molecular formula is C16H14Cl2CrN. The van der Waals surface area contributed by atoms with Crippen LogP contribution < -0.4 is 24.8 Å². The third-order valence-corrected chi connectivity index (χ3v) is 4.12. The van der Waals surface area contributed by atoms with Crippen molar-refractivity contribution in [3.05, 3.63) is 71.6 Å². The van der Waals surface area contributed by atoms with E-state index in [0.717, 1.165) is 5.69 Å². The molecule has 3 rings (SSSR count). The van der Waals surface area contributed by atoms with E-state index in [4.69, 9.17) is 0 Å². The van der Waals surface area contributed by atoms with Gasteiger partial charge in [0.15, 0.2) is 0 Å². The van der Waals surface area contributed by atoms with E-state index in [9.17, 15) is 0 Å². The van der Waals surface area contributed by atoms with E-state index in [0.29, 0.717) is 10.7 Å². The van der Waals surface area contributed by atoms with Crippen LogP contribution in [-0.2, 0) is 16.3 Å². The van der Waals surface area contributed by atoms with Crippen LogP contribution in [0, 0.1) is 0 Å². The Kier molecular flexibility index (Phi) is 6.30. The molecule has 1 aliphatic rings. The summed E-state index contributed by atoms with van der Waals surface area (Å²) in [6.07, 6.45) is 4.19. The van der Waals surface area contributed by atoms with Gasteiger partial charge in [0.25, 0.3) is 0 Å². The summed E-state index contributed by atoms with van der Waals surface area (Å²) in [5.41, 5.74) is 5.26. The van der Waals surface area contributed by atoms with E-state index in [1.165, 1.54) is 16.7 Å². The fourth-order valence-electron chi connectivity index (χ4n) is 2.52. The largest absolute Gasteiger partial charge is 1.00 e. The summed E-state index contributed by atoms with van der Waals surface area (Å²) in [6.45, 7) is 2.23. The first-order valence-corrected chi connectivity index (χ1v) is 6.89. The zero-order chi connectivity index (χ0) is 12.5. The van der Waals surface area contributed by atoms with Crippen molar-refractivity contribution in [2.24, 2.45) is 0 Å². The molecule has 0 bridgehead atoms. The second-order valence-electron chi connectivity index (χ2n) is 4.61. The molecule has 4 heteroatoms. The fourth-order valence-corrected chi connectivity index (χ4v) is 3.07. The van der Waals surface area contributed by atoms with E-state index in [2.05, 4.69) is 70.7 Å². The summed E-state index contributed by atoms with van der Waals surface area (Å²) in [5, 5.41) is 0.